The lowest BCUT2D eigenvalue weighted by Gasteiger charge is -2.17. The summed E-state index contributed by atoms with van der Waals surface area (Å²) in [6.45, 7) is 4.05. The molecule has 5 heteroatoms. The highest BCUT2D eigenvalue weighted by atomic mass is 32.2. The van der Waals surface area contributed by atoms with Crippen molar-refractivity contribution in [1.29, 1.82) is 0 Å². The monoisotopic (exact) mass is 307 g/mol. The van der Waals surface area contributed by atoms with E-state index in [0.29, 0.717) is 12.2 Å². The largest absolute Gasteiger partial charge is 0.481 e. The molecule has 2 unspecified atom stereocenters. The van der Waals surface area contributed by atoms with E-state index in [1.807, 2.05) is 19.9 Å². The van der Waals surface area contributed by atoms with Crippen molar-refractivity contribution in [2.75, 3.05) is 5.75 Å². The first-order valence-corrected chi connectivity index (χ1v) is 8.18. The molecule has 2 rings (SSSR count). The van der Waals surface area contributed by atoms with Crippen molar-refractivity contribution >= 4 is 23.6 Å². The fourth-order valence-electron chi connectivity index (χ4n) is 2.68. The number of benzene rings is 1. The average Bonchev–Trinajstić information content (AvgIpc) is 2.88. The summed E-state index contributed by atoms with van der Waals surface area (Å²) < 4.78 is 0. The smallest absolute Gasteiger partial charge is 0.308 e. The molecule has 0 spiro atoms. The second-order valence-electron chi connectivity index (χ2n) is 5.61. The van der Waals surface area contributed by atoms with Crippen LogP contribution in [0.2, 0.25) is 0 Å². The maximum Gasteiger partial charge on any atom is 0.308 e. The Kier molecular flexibility index (Phi) is 5.28. The van der Waals surface area contributed by atoms with Gasteiger partial charge in [-0.2, -0.15) is 0 Å². The third-order valence-electron chi connectivity index (χ3n) is 3.88. The molecule has 2 atom stereocenters. The number of hydrogen-bond donors (Lipinski definition) is 2. The van der Waals surface area contributed by atoms with Gasteiger partial charge in [0.2, 0.25) is 5.91 Å². The van der Waals surface area contributed by atoms with E-state index >= 15 is 0 Å². The molecule has 0 heterocycles. The van der Waals surface area contributed by atoms with E-state index in [4.69, 9.17) is 5.11 Å². The van der Waals surface area contributed by atoms with Crippen LogP contribution in [0, 0.1) is 19.8 Å². The lowest BCUT2D eigenvalue weighted by molar-refractivity contribution is -0.142. The maximum atomic E-state index is 12.0. The van der Waals surface area contributed by atoms with Crippen molar-refractivity contribution in [3.63, 3.8) is 0 Å². The number of carboxylic acids is 1. The van der Waals surface area contributed by atoms with Crippen molar-refractivity contribution in [2.45, 2.75) is 44.0 Å². The number of rotatable bonds is 5. The van der Waals surface area contributed by atoms with Crippen LogP contribution in [-0.4, -0.2) is 28.8 Å². The molecule has 1 fully saturated rings. The Hall–Kier alpha value is -1.49. The van der Waals surface area contributed by atoms with Gasteiger partial charge < -0.3 is 10.4 Å². The average molecular weight is 307 g/mol. The Morgan fingerprint density at radius 1 is 1.33 bits per heavy atom. The zero-order valence-corrected chi connectivity index (χ0v) is 13.2. The molecule has 0 bridgehead atoms. The molecule has 21 heavy (non-hydrogen) atoms. The summed E-state index contributed by atoms with van der Waals surface area (Å²) >= 11 is 1.50. The van der Waals surface area contributed by atoms with Crippen LogP contribution in [0.3, 0.4) is 0 Å². The molecule has 1 aromatic carbocycles. The van der Waals surface area contributed by atoms with Gasteiger partial charge in [-0.05, 0) is 38.3 Å². The molecule has 114 valence electrons. The van der Waals surface area contributed by atoms with E-state index in [2.05, 4.69) is 17.4 Å². The highest BCUT2D eigenvalue weighted by Crippen LogP contribution is 2.27. The summed E-state index contributed by atoms with van der Waals surface area (Å²) in [6.07, 6.45) is 2.29. The number of hydrogen-bond acceptors (Lipinski definition) is 3. The lowest BCUT2D eigenvalue weighted by atomic mass is 10.0. The minimum absolute atomic E-state index is 0.0842. The van der Waals surface area contributed by atoms with Gasteiger partial charge in [-0.25, -0.2) is 0 Å². The van der Waals surface area contributed by atoms with E-state index in [1.54, 1.807) is 0 Å². The number of aryl methyl sites for hydroxylation is 2. The fraction of sp³-hybridized carbons (Fsp3) is 0.500. The van der Waals surface area contributed by atoms with E-state index in [1.165, 1.54) is 17.3 Å². The van der Waals surface area contributed by atoms with E-state index in [-0.39, 0.29) is 11.9 Å². The topological polar surface area (TPSA) is 66.4 Å². The van der Waals surface area contributed by atoms with Gasteiger partial charge in [0.05, 0.1) is 11.7 Å². The summed E-state index contributed by atoms with van der Waals surface area (Å²) in [5, 5.41) is 12.0. The minimum Gasteiger partial charge on any atom is -0.481 e. The highest BCUT2D eigenvalue weighted by Gasteiger charge is 2.33. The second-order valence-corrected chi connectivity index (χ2v) is 6.62. The maximum absolute atomic E-state index is 12.0. The predicted octanol–water partition coefficient (Wildman–Crippen LogP) is 2.77. The van der Waals surface area contributed by atoms with Crippen LogP contribution in [0.4, 0.5) is 0 Å². The van der Waals surface area contributed by atoms with Gasteiger partial charge in [0.15, 0.2) is 0 Å². The number of thioether (sulfide) groups is 1. The number of carboxylic acid groups (broad SMARTS) is 1. The number of aliphatic carboxylic acids is 1. The fourth-order valence-corrected chi connectivity index (χ4v) is 3.62. The minimum atomic E-state index is -0.806. The summed E-state index contributed by atoms with van der Waals surface area (Å²) in [5.41, 5.74) is 2.33. The van der Waals surface area contributed by atoms with Crippen molar-refractivity contribution in [3.8, 4) is 0 Å². The number of carbonyl (C=O) groups is 2. The highest BCUT2D eigenvalue weighted by molar-refractivity contribution is 8.00. The molecular weight excluding hydrogens is 286 g/mol. The predicted molar refractivity (Wildman–Crippen MR) is 83.5 cm³/mol. The zero-order valence-electron chi connectivity index (χ0n) is 12.4. The van der Waals surface area contributed by atoms with Crippen LogP contribution in [0.1, 0.15) is 30.4 Å². The summed E-state index contributed by atoms with van der Waals surface area (Å²) in [6, 6.07) is 5.96. The SMILES string of the molecule is Cc1ccc(C)c(SCC(=O)NC2CCCC2C(=O)O)c1. The normalized spacial score (nSPS) is 21.2. The van der Waals surface area contributed by atoms with Crippen LogP contribution in [-0.2, 0) is 9.59 Å². The molecule has 2 N–H and O–H groups in total. The Bertz CT molecular complexity index is 544. The molecule has 1 amide bonds. The quantitative estimate of drug-likeness (QED) is 0.821. The molecule has 1 saturated carbocycles. The summed E-state index contributed by atoms with van der Waals surface area (Å²) in [4.78, 5) is 24.2. The Labute approximate surface area is 129 Å². The molecule has 0 aromatic heterocycles. The second kappa shape index (κ2) is 6.98. The molecule has 0 saturated heterocycles. The van der Waals surface area contributed by atoms with Gasteiger partial charge in [-0.3, -0.25) is 9.59 Å². The van der Waals surface area contributed by atoms with Gasteiger partial charge in [0.1, 0.15) is 0 Å². The molecule has 0 radical (unpaired) electrons. The van der Waals surface area contributed by atoms with Gasteiger partial charge >= 0.3 is 5.97 Å². The lowest BCUT2D eigenvalue weighted by Crippen LogP contribution is -2.41. The van der Waals surface area contributed by atoms with Gasteiger partial charge in [0.25, 0.3) is 0 Å². The molecule has 1 aliphatic carbocycles. The van der Waals surface area contributed by atoms with E-state index < -0.39 is 11.9 Å². The zero-order chi connectivity index (χ0) is 15.4. The molecule has 0 aliphatic heterocycles. The van der Waals surface area contributed by atoms with Crippen LogP contribution in [0.25, 0.3) is 0 Å². The van der Waals surface area contributed by atoms with Crippen molar-refractivity contribution in [1.82, 2.24) is 5.32 Å². The third kappa shape index (κ3) is 4.24. The number of nitrogens with one attached hydrogen (secondary N) is 1. The van der Waals surface area contributed by atoms with Crippen molar-refractivity contribution < 1.29 is 14.7 Å². The Morgan fingerprint density at radius 2 is 2.10 bits per heavy atom. The van der Waals surface area contributed by atoms with Gasteiger partial charge in [-0.15, -0.1) is 11.8 Å². The molecule has 4 nitrogen and oxygen atoms in total. The molecule has 1 aromatic rings. The first-order valence-electron chi connectivity index (χ1n) is 7.19. The third-order valence-corrected chi connectivity index (χ3v) is 5.04. The summed E-state index contributed by atoms with van der Waals surface area (Å²) in [7, 11) is 0. The van der Waals surface area contributed by atoms with Gasteiger partial charge in [0, 0.05) is 10.9 Å². The number of carbonyl (C=O) groups excluding carboxylic acids is 1. The Morgan fingerprint density at radius 3 is 2.81 bits per heavy atom. The van der Waals surface area contributed by atoms with Gasteiger partial charge in [-0.1, -0.05) is 24.1 Å². The first-order chi connectivity index (χ1) is 9.97. The van der Waals surface area contributed by atoms with Crippen LogP contribution < -0.4 is 5.32 Å². The van der Waals surface area contributed by atoms with Crippen LogP contribution in [0.5, 0.6) is 0 Å². The van der Waals surface area contributed by atoms with E-state index in [9.17, 15) is 9.59 Å². The van der Waals surface area contributed by atoms with E-state index in [0.717, 1.165) is 23.3 Å². The van der Waals surface area contributed by atoms with Crippen molar-refractivity contribution in [2.24, 2.45) is 5.92 Å². The first kappa shape index (κ1) is 15.9. The molecule has 1 aliphatic rings. The molecular formula is C16H21NO3S. The van der Waals surface area contributed by atoms with Crippen molar-refractivity contribution in [3.05, 3.63) is 29.3 Å². The number of amides is 1. The Balaban J connectivity index is 1.87. The standard InChI is InChI=1S/C16H21NO3S/c1-10-6-7-11(2)14(8-10)21-9-15(18)17-13-5-3-4-12(13)16(19)20/h6-8,12-13H,3-5,9H2,1-2H3,(H,17,18)(H,19,20). The summed E-state index contributed by atoms with van der Waals surface area (Å²) in [5.74, 6) is -0.994. The van der Waals surface area contributed by atoms with Crippen LogP contribution >= 0.6 is 11.8 Å². The van der Waals surface area contributed by atoms with Crippen LogP contribution in [0.15, 0.2) is 23.1 Å².